The summed E-state index contributed by atoms with van der Waals surface area (Å²) >= 11 is 5.66. The fourth-order valence-electron chi connectivity index (χ4n) is 2.10. The van der Waals surface area contributed by atoms with Gasteiger partial charge in [-0.3, -0.25) is 4.79 Å². The number of pyridine rings is 1. The van der Waals surface area contributed by atoms with E-state index in [1.807, 2.05) is 60.7 Å². The van der Waals surface area contributed by atoms with Crippen molar-refractivity contribution in [3.63, 3.8) is 0 Å². The van der Waals surface area contributed by atoms with Crippen molar-refractivity contribution in [2.75, 3.05) is 0 Å². The maximum absolute atomic E-state index is 11.6. The van der Waals surface area contributed by atoms with Gasteiger partial charge in [0.15, 0.2) is 0 Å². The Morgan fingerprint density at radius 3 is 2.37 bits per heavy atom. The van der Waals surface area contributed by atoms with Crippen LogP contribution in [0.15, 0.2) is 60.7 Å². The Bertz CT molecular complexity index is 753. The monoisotopic (exact) mass is 267 g/mol. The number of fused-ring (bicyclic) bond motifs is 1. The molecule has 2 aromatic carbocycles. The average Bonchev–Trinajstić information content (AvgIpc) is 2.46. The summed E-state index contributed by atoms with van der Waals surface area (Å²) in [5.41, 5.74) is 2.77. The van der Waals surface area contributed by atoms with Crippen LogP contribution >= 0.6 is 11.6 Å². The summed E-state index contributed by atoms with van der Waals surface area (Å²) in [4.78, 5) is 16.0. The first-order valence-corrected chi connectivity index (χ1v) is 6.28. The zero-order valence-corrected chi connectivity index (χ0v) is 10.8. The Hall–Kier alpha value is -2.19. The third-order valence-electron chi connectivity index (χ3n) is 2.99. The van der Waals surface area contributed by atoms with Crippen LogP contribution in [0.5, 0.6) is 0 Å². The molecule has 1 aromatic heterocycles. The molecule has 2 nitrogen and oxygen atoms in total. The molecule has 0 saturated carbocycles. The first-order valence-electron chi connectivity index (χ1n) is 5.91. The maximum atomic E-state index is 11.6. The Labute approximate surface area is 115 Å². The zero-order chi connectivity index (χ0) is 13.2. The minimum Gasteiger partial charge on any atom is -0.274 e. The molecule has 19 heavy (non-hydrogen) atoms. The Morgan fingerprint density at radius 1 is 0.947 bits per heavy atom. The molecule has 0 spiro atoms. The maximum Gasteiger partial charge on any atom is 0.271 e. The fourth-order valence-corrected chi connectivity index (χ4v) is 2.25. The second-order valence-corrected chi connectivity index (χ2v) is 4.56. The summed E-state index contributed by atoms with van der Waals surface area (Å²) in [6.45, 7) is 0. The van der Waals surface area contributed by atoms with Gasteiger partial charge in [0.2, 0.25) is 0 Å². The van der Waals surface area contributed by atoms with Gasteiger partial charge in [0.25, 0.3) is 5.24 Å². The molecule has 0 aliphatic rings. The number of rotatable bonds is 2. The molecule has 0 saturated heterocycles. The van der Waals surface area contributed by atoms with Crippen LogP contribution in [0.4, 0.5) is 0 Å². The van der Waals surface area contributed by atoms with Crippen LogP contribution in [0.2, 0.25) is 0 Å². The SMILES string of the molecule is O=C(Cl)c1nc2ccccc2cc1-c1ccccc1. The molecule has 0 bridgehead atoms. The number of hydrogen-bond donors (Lipinski definition) is 0. The molecule has 3 heteroatoms. The highest BCUT2D eigenvalue weighted by Gasteiger charge is 2.13. The van der Waals surface area contributed by atoms with Crippen LogP contribution in [0.25, 0.3) is 22.0 Å². The lowest BCUT2D eigenvalue weighted by Gasteiger charge is -2.08. The van der Waals surface area contributed by atoms with E-state index < -0.39 is 5.24 Å². The predicted octanol–water partition coefficient (Wildman–Crippen LogP) is 4.28. The molecule has 3 rings (SSSR count). The normalized spacial score (nSPS) is 10.6. The molecule has 0 radical (unpaired) electrons. The van der Waals surface area contributed by atoms with Gasteiger partial charge >= 0.3 is 0 Å². The van der Waals surface area contributed by atoms with Crippen LogP contribution in [-0.2, 0) is 0 Å². The van der Waals surface area contributed by atoms with Gasteiger partial charge in [-0.15, -0.1) is 0 Å². The van der Waals surface area contributed by atoms with Crippen molar-refractivity contribution in [1.82, 2.24) is 4.98 Å². The molecule has 0 N–H and O–H groups in total. The summed E-state index contributed by atoms with van der Waals surface area (Å²) in [7, 11) is 0. The molecular formula is C16H10ClNO. The van der Waals surface area contributed by atoms with E-state index in [9.17, 15) is 4.79 Å². The van der Waals surface area contributed by atoms with Crippen molar-refractivity contribution in [2.45, 2.75) is 0 Å². The van der Waals surface area contributed by atoms with Crippen LogP contribution in [-0.4, -0.2) is 10.2 Å². The summed E-state index contributed by atoms with van der Waals surface area (Å²) in [6.07, 6.45) is 0. The van der Waals surface area contributed by atoms with Crippen molar-refractivity contribution in [2.24, 2.45) is 0 Å². The van der Waals surface area contributed by atoms with Gasteiger partial charge in [-0.05, 0) is 29.3 Å². The van der Waals surface area contributed by atoms with E-state index in [-0.39, 0.29) is 0 Å². The standard InChI is InChI=1S/C16H10ClNO/c17-16(19)15-13(11-6-2-1-3-7-11)10-12-8-4-5-9-14(12)18-15/h1-10H. The molecule has 3 aromatic rings. The van der Waals surface area contributed by atoms with Crippen LogP contribution < -0.4 is 0 Å². The lowest BCUT2D eigenvalue weighted by Crippen LogP contribution is -1.98. The topological polar surface area (TPSA) is 30.0 Å². The van der Waals surface area contributed by atoms with E-state index in [0.29, 0.717) is 5.69 Å². The zero-order valence-electron chi connectivity index (χ0n) is 10.0. The Balaban J connectivity index is 2.33. The van der Waals surface area contributed by atoms with Crippen molar-refractivity contribution >= 4 is 27.7 Å². The van der Waals surface area contributed by atoms with E-state index in [1.165, 1.54) is 0 Å². The van der Waals surface area contributed by atoms with Gasteiger partial charge in [-0.2, -0.15) is 0 Å². The van der Waals surface area contributed by atoms with Crippen molar-refractivity contribution in [3.8, 4) is 11.1 Å². The fraction of sp³-hybridized carbons (Fsp3) is 0. The van der Waals surface area contributed by atoms with E-state index in [0.717, 1.165) is 22.0 Å². The number of halogens is 1. The van der Waals surface area contributed by atoms with E-state index in [4.69, 9.17) is 11.6 Å². The Morgan fingerprint density at radius 2 is 1.63 bits per heavy atom. The molecule has 0 fully saturated rings. The number of carbonyl (C=O) groups is 1. The van der Waals surface area contributed by atoms with Gasteiger partial charge in [0.1, 0.15) is 5.69 Å². The second-order valence-electron chi connectivity index (χ2n) is 4.22. The molecule has 1 heterocycles. The number of benzene rings is 2. The third kappa shape index (κ3) is 2.23. The minimum atomic E-state index is -0.537. The minimum absolute atomic E-state index is 0.298. The van der Waals surface area contributed by atoms with Crippen molar-refractivity contribution in [3.05, 3.63) is 66.4 Å². The van der Waals surface area contributed by atoms with Crippen LogP contribution in [0.3, 0.4) is 0 Å². The van der Waals surface area contributed by atoms with E-state index in [2.05, 4.69) is 4.98 Å². The summed E-state index contributed by atoms with van der Waals surface area (Å²) in [5, 5.41) is 0.452. The molecular weight excluding hydrogens is 258 g/mol. The number of para-hydroxylation sites is 1. The van der Waals surface area contributed by atoms with Gasteiger partial charge in [-0.1, -0.05) is 48.5 Å². The number of carbonyl (C=O) groups excluding carboxylic acids is 1. The molecule has 92 valence electrons. The van der Waals surface area contributed by atoms with Crippen molar-refractivity contribution < 1.29 is 4.79 Å². The quantitative estimate of drug-likeness (QED) is 0.649. The van der Waals surface area contributed by atoms with Crippen LogP contribution in [0, 0.1) is 0 Å². The highest BCUT2D eigenvalue weighted by molar-refractivity contribution is 6.68. The van der Waals surface area contributed by atoms with Gasteiger partial charge in [0, 0.05) is 10.9 Å². The lowest BCUT2D eigenvalue weighted by atomic mass is 10.0. The molecule has 0 aliphatic carbocycles. The molecule has 0 amide bonds. The average molecular weight is 268 g/mol. The predicted molar refractivity (Wildman–Crippen MR) is 77.4 cm³/mol. The summed E-state index contributed by atoms with van der Waals surface area (Å²) < 4.78 is 0. The first kappa shape index (κ1) is 11.9. The van der Waals surface area contributed by atoms with E-state index >= 15 is 0 Å². The highest BCUT2D eigenvalue weighted by Crippen LogP contribution is 2.27. The molecule has 0 atom stereocenters. The van der Waals surface area contributed by atoms with Gasteiger partial charge in [0.05, 0.1) is 5.52 Å². The van der Waals surface area contributed by atoms with Gasteiger partial charge < -0.3 is 0 Å². The summed E-state index contributed by atoms with van der Waals surface area (Å²) in [6, 6.07) is 19.3. The smallest absolute Gasteiger partial charge is 0.271 e. The van der Waals surface area contributed by atoms with Gasteiger partial charge in [-0.25, -0.2) is 4.98 Å². The van der Waals surface area contributed by atoms with E-state index in [1.54, 1.807) is 0 Å². The molecule has 0 unspecified atom stereocenters. The Kier molecular flexibility index (Phi) is 3.02. The lowest BCUT2D eigenvalue weighted by molar-refractivity contribution is 0.107. The number of hydrogen-bond acceptors (Lipinski definition) is 2. The molecule has 0 aliphatic heterocycles. The largest absolute Gasteiger partial charge is 0.274 e. The van der Waals surface area contributed by atoms with Crippen molar-refractivity contribution in [1.29, 1.82) is 0 Å². The number of aromatic nitrogens is 1. The first-order chi connectivity index (χ1) is 9.25. The third-order valence-corrected chi connectivity index (χ3v) is 3.17. The second kappa shape index (κ2) is 4.82. The number of nitrogens with zero attached hydrogens (tertiary/aromatic N) is 1. The highest BCUT2D eigenvalue weighted by atomic mass is 35.5. The summed E-state index contributed by atoms with van der Waals surface area (Å²) in [5.74, 6) is 0. The van der Waals surface area contributed by atoms with Crippen LogP contribution in [0.1, 0.15) is 10.5 Å².